The molecular formula is C27H31N7O9. The molecule has 0 aromatic carbocycles. The molecular weight excluding hydrogens is 566 g/mol. The quantitative estimate of drug-likeness (QED) is 0.104. The van der Waals surface area contributed by atoms with Crippen LogP contribution in [0.15, 0.2) is 48.3 Å². The number of aryl methyl sites for hydroxylation is 3. The molecule has 3 aromatic rings. The molecule has 0 radical (unpaired) electrons. The van der Waals surface area contributed by atoms with Gasteiger partial charge >= 0.3 is 5.97 Å². The Morgan fingerprint density at radius 1 is 1.02 bits per heavy atom. The first-order valence-corrected chi connectivity index (χ1v) is 13.1. The molecule has 43 heavy (non-hydrogen) atoms. The lowest BCUT2D eigenvalue weighted by Gasteiger charge is -2.17. The number of aromatic nitrogens is 4. The van der Waals surface area contributed by atoms with Crippen LogP contribution >= 0.6 is 0 Å². The third-order valence-corrected chi connectivity index (χ3v) is 6.70. The van der Waals surface area contributed by atoms with E-state index in [1.54, 1.807) is 44.0 Å². The Bertz CT molecular complexity index is 1610. The minimum atomic E-state index is -1.81. The van der Waals surface area contributed by atoms with Gasteiger partial charge in [0.2, 0.25) is 17.9 Å². The van der Waals surface area contributed by atoms with Crippen molar-refractivity contribution in [2.45, 2.75) is 25.6 Å². The van der Waals surface area contributed by atoms with Gasteiger partial charge in [-0.3, -0.25) is 24.0 Å². The molecule has 16 nitrogen and oxygen atoms in total. The van der Waals surface area contributed by atoms with Crippen molar-refractivity contribution < 1.29 is 44.0 Å². The summed E-state index contributed by atoms with van der Waals surface area (Å²) in [7, 11) is 4.94. The van der Waals surface area contributed by atoms with Crippen molar-refractivity contribution in [2.24, 2.45) is 27.1 Å². The van der Waals surface area contributed by atoms with Gasteiger partial charge in [0, 0.05) is 59.1 Å². The van der Waals surface area contributed by atoms with Crippen LogP contribution in [0.1, 0.15) is 50.9 Å². The van der Waals surface area contributed by atoms with Gasteiger partial charge in [0.15, 0.2) is 11.6 Å². The van der Waals surface area contributed by atoms with Crippen LogP contribution in [0.4, 0.5) is 11.5 Å². The van der Waals surface area contributed by atoms with E-state index in [4.69, 9.17) is 4.74 Å². The molecule has 6 N–H and O–H groups in total. The van der Waals surface area contributed by atoms with Crippen molar-refractivity contribution in [3.63, 3.8) is 0 Å². The lowest BCUT2D eigenvalue weighted by atomic mass is 10.1. The summed E-state index contributed by atoms with van der Waals surface area (Å²) in [5, 5.41) is 37.0. The van der Waals surface area contributed by atoms with Crippen molar-refractivity contribution in [3.8, 4) is 0 Å². The number of anilines is 2. The van der Waals surface area contributed by atoms with Gasteiger partial charge in [-0.15, -0.1) is 0 Å². The summed E-state index contributed by atoms with van der Waals surface area (Å²) >= 11 is 0. The molecule has 3 amide bonds. The van der Waals surface area contributed by atoms with Gasteiger partial charge in [-0.25, -0.2) is 4.98 Å². The Morgan fingerprint density at radius 3 is 2.42 bits per heavy atom. The summed E-state index contributed by atoms with van der Waals surface area (Å²) in [4.78, 5) is 65.6. The second-order valence-electron chi connectivity index (χ2n) is 9.91. The molecule has 3 heterocycles. The van der Waals surface area contributed by atoms with E-state index in [-0.39, 0.29) is 42.6 Å². The number of Topliss-reactive ketones (excluding diaryl/α,β-unsaturated/α-hetero) is 1. The van der Waals surface area contributed by atoms with Crippen molar-refractivity contribution in [1.29, 1.82) is 0 Å². The summed E-state index contributed by atoms with van der Waals surface area (Å²) in [5.74, 6) is -5.63. The van der Waals surface area contributed by atoms with Crippen molar-refractivity contribution in [2.75, 3.05) is 17.2 Å². The van der Waals surface area contributed by atoms with Gasteiger partial charge in [0.25, 0.3) is 17.7 Å². The predicted molar refractivity (Wildman–Crippen MR) is 149 cm³/mol. The summed E-state index contributed by atoms with van der Waals surface area (Å²) in [6, 6.07) is 4.83. The average Bonchev–Trinajstić information content (AvgIpc) is 3.70. The zero-order chi connectivity index (χ0) is 31.4. The maximum Gasteiger partial charge on any atom is 0.308 e. The summed E-state index contributed by atoms with van der Waals surface area (Å²) in [6.07, 6.45) is 2.53. The molecule has 16 heteroatoms. The van der Waals surface area contributed by atoms with E-state index >= 15 is 0 Å². The van der Waals surface area contributed by atoms with E-state index in [1.165, 1.54) is 27.6 Å². The monoisotopic (exact) mass is 597 g/mol. The van der Waals surface area contributed by atoms with Gasteiger partial charge in [-0.1, -0.05) is 0 Å². The standard InChI is InChI=1S/C27H31N7O9/c1-32-9-5-6-16(32)25(40)31-19-13-34(3)23(30-19)26(41)29-14-10-17(33(2)12-14)24(39)28-8-4-7-20(36)43-27(42)15-11-18(35)22(38)21(15)37/h5-6,9-10,12-13,15,27,37-38,42H,4,7-8,11H2,1-3H3,(H,28,39)(H,29,41)(H,31,40). The number of rotatable bonds is 11. The fourth-order valence-corrected chi connectivity index (χ4v) is 4.41. The molecule has 0 spiro atoms. The van der Waals surface area contributed by atoms with Gasteiger partial charge in [-0.05, 0) is 24.6 Å². The molecule has 0 fully saturated rings. The number of hydrogen-bond donors (Lipinski definition) is 6. The third kappa shape index (κ3) is 6.92. The fraction of sp³-hybridized carbons (Fsp3) is 0.333. The summed E-state index contributed by atoms with van der Waals surface area (Å²) in [5.41, 5.74) is 0.960. The number of ketones is 1. The van der Waals surface area contributed by atoms with Crippen LogP contribution in [0.5, 0.6) is 0 Å². The number of nitrogens with one attached hydrogen (secondary N) is 3. The van der Waals surface area contributed by atoms with E-state index in [9.17, 15) is 39.3 Å². The van der Waals surface area contributed by atoms with Crippen LogP contribution < -0.4 is 16.0 Å². The summed E-state index contributed by atoms with van der Waals surface area (Å²) < 4.78 is 9.41. The Morgan fingerprint density at radius 2 is 1.77 bits per heavy atom. The molecule has 1 aliphatic rings. The number of imidazole rings is 1. The van der Waals surface area contributed by atoms with E-state index in [0.29, 0.717) is 11.4 Å². The van der Waals surface area contributed by atoms with Gasteiger partial charge in [0.1, 0.15) is 17.1 Å². The molecule has 3 aromatic heterocycles. The first-order valence-electron chi connectivity index (χ1n) is 13.1. The minimum absolute atomic E-state index is 0.0246. The second-order valence-corrected chi connectivity index (χ2v) is 9.91. The topological polar surface area (TPSA) is 219 Å². The maximum absolute atomic E-state index is 12.9. The average molecular weight is 598 g/mol. The Hall–Kier alpha value is -5.38. The van der Waals surface area contributed by atoms with Gasteiger partial charge in [-0.2, -0.15) is 0 Å². The molecule has 4 rings (SSSR count). The highest BCUT2D eigenvalue weighted by Crippen LogP contribution is 2.29. The van der Waals surface area contributed by atoms with Crippen molar-refractivity contribution in [3.05, 3.63) is 65.5 Å². The normalized spacial score (nSPS) is 15.3. The van der Waals surface area contributed by atoms with E-state index in [0.717, 1.165) is 0 Å². The van der Waals surface area contributed by atoms with Crippen LogP contribution in [0, 0.1) is 5.92 Å². The number of nitrogens with zero attached hydrogens (tertiary/aromatic N) is 4. The molecule has 0 aliphatic heterocycles. The predicted octanol–water partition coefficient (Wildman–Crippen LogP) is 0.890. The maximum atomic E-state index is 12.9. The lowest BCUT2D eigenvalue weighted by molar-refractivity contribution is -0.176. The minimum Gasteiger partial charge on any atom is -0.508 e. The first kappa shape index (κ1) is 30.6. The molecule has 1 aliphatic carbocycles. The number of carbonyl (C=O) groups excluding carboxylic acids is 5. The van der Waals surface area contributed by atoms with Gasteiger partial charge < -0.3 is 49.7 Å². The lowest BCUT2D eigenvalue weighted by Crippen LogP contribution is -2.29. The SMILES string of the molecule is Cn1cc(NC(=O)c2nc(NC(=O)c3cccn3C)cn2C)cc1C(=O)NCCCC(=O)OC(O)C1CC(=O)C(O)=C1O. The Kier molecular flexibility index (Phi) is 8.99. The first-order chi connectivity index (χ1) is 20.3. The third-order valence-electron chi connectivity index (χ3n) is 6.70. The van der Waals surface area contributed by atoms with Crippen LogP contribution in [0.3, 0.4) is 0 Å². The Labute approximate surface area is 244 Å². The van der Waals surface area contributed by atoms with E-state index in [2.05, 4.69) is 20.9 Å². The number of esters is 1. The molecule has 2 unspecified atom stereocenters. The fourth-order valence-electron chi connectivity index (χ4n) is 4.41. The number of ether oxygens (including phenoxy) is 1. The second kappa shape index (κ2) is 12.6. The molecule has 2 atom stereocenters. The van der Waals surface area contributed by atoms with Crippen molar-refractivity contribution >= 4 is 41.0 Å². The molecule has 0 saturated heterocycles. The Balaban J connectivity index is 1.24. The zero-order valence-electron chi connectivity index (χ0n) is 23.5. The van der Waals surface area contributed by atoms with Gasteiger partial charge in [0.05, 0.1) is 11.6 Å². The van der Waals surface area contributed by atoms with E-state index in [1.807, 2.05) is 0 Å². The largest absolute Gasteiger partial charge is 0.508 e. The number of hydrogen-bond acceptors (Lipinski definition) is 10. The zero-order valence-corrected chi connectivity index (χ0v) is 23.5. The smallest absolute Gasteiger partial charge is 0.308 e. The van der Waals surface area contributed by atoms with Crippen LogP contribution in [0.25, 0.3) is 0 Å². The van der Waals surface area contributed by atoms with E-state index < -0.39 is 53.7 Å². The number of aliphatic hydroxyl groups excluding tert-OH is 3. The molecule has 0 bridgehead atoms. The van der Waals surface area contributed by atoms with Crippen LogP contribution in [-0.2, 0) is 35.5 Å². The number of amides is 3. The highest BCUT2D eigenvalue weighted by atomic mass is 16.6. The number of carbonyl (C=O) groups is 5. The van der Waals surface area contributed by atoms with Crippen molar-refractivity contribution in [1.82, 2.24) is 24.0 Å². The highest BCUT2D eigenvalue weighted by Gasteiger charge is 2.39. The highest BCUT2D eigenvalue weighted by molar-refractivity contribution is 6.05. The number of aliphatic hydroxyl groups is 3. The number of allylic oxidation sites excluding steroid dienone is 1. The van der Waals surface area contributed by atoms with Crippen LogP contribution in [-0.4, -0.2) is 76.3 Å². The molecule has 0 saturated carbocycles. The summed E-state index contributed by atoms with van der Waals surface area (Å²) in [6.45, 7) is 0.0787. The molecule has 228 valence electrons. The van der Waals surface area contributed by atoms with Crippen LogP contribution in [0.2, 0.25) is 0 Å².